The molecule has 1 spiro atoms. The Morgan fingerprint density at radius 1 is 1.08 bits per heavy atom. The molecule has 0 aromatic carbocycles. The molecule has 7 heteroatoms. The summed E-state index contributed by atoms with van der Waals surface area (Å²) in [5, 5.41) is 12.5. The molecule has 4 heterocycles. The second-order valence-corrected chi connectivity index (χ2v) is 7.64. The van der Waals surface area contributed by atoms with E-state index >= 15 is 0 Å². The minimum absolute atomic E-state index is 0.0927. The quantitative estimate of drug-likeness (QED) is 0.833. The number of hydrogen-bond acceptors (Lipinski definition) is 6. The Balaban J connectivity index is 1.37. The van der Waals surface area contributed by atoms with Gasteiger partial charge in [-0.25, -0.2) is 4.68 Å². The maximum atomic E-state index is 6.19. The molecular weight excluding hydrogens is 306 g/mol. The second kappa shape index (κ2) is 7.45. The molecule has 3 saturated heterocycles. The fourth-order valence-electron chi connectivity index (χ4n) is 4.41. The Bertz CT molecular complexity index is 517. The van der Waals surface area contributed by atoms with E-state index in [1.807, 2.05) is 4.68 Å². The van der Waals surface area contributed by atoms with Crippen LogP contribution in [0.15, 0.2) is 0 Å². The number of hydrogen-bond donors (Lipinski definition) is 0. The lowest BCUT2D eigenvalue weighted by atomic mass is 9.86. The molecule has 0 amide bonds. The number of aromatic nitrogens is 4. The minimum Gasteiger partial charge on any atom is -0.381 e. The van der Waals surface area contributed by atoms with Gasteiger partial charge in [0, 0.05) is 32.9 Å². The van der Waals surface area contributed by atoms with Crippen LogP contribution in [0.4, 0.5) is 0 Å². The zero-order valence-electron chi connectivity index (χ0n) is 14.5. The lowest BCUT2D eigenvalue weighted by molar-refractivity contribution is -0.118. The van der Waals surface area contributed by atoms with E-state index in [9.17, 15) is 0 Å². The zero-order valence-corrected chi connectivity index (χ0v) is 14.5. The summed E-state index contributed by atoms with van der Waals surface area (Å²) in [5.74, 6) is 1.63. The Hall–Kier alpha value is -1.05. The summed E-state index contributed by atoms with van der Waals surface area (Å²) in [6.07, 6.45) is 8.36. The van der Waals surface area contributed by atoms with Crippen LogP contribution in [-0.2, 0) is 22.6 Å². The van der Waals surface area contributed by atoms with Gasteiger partial charge in [-0.1, -0.05) is 0 Å². The number of rotatable bonds is 4. The number of piperidine rings is 1. The van der Waals surface area contributed by atoms with Crippen molar-refractivity contribution < 1.29 is 9.47 Å². The highest BCUT2D eigenvalue weighted by atomic mass is 16.5. The summed E-state index contributed by atoms with van der Waals surface area (Å²) < 4.78 is 13.7. The summed E-state index contributed by atoms with van der Waals surface area (Å²) in [4.78, 5) is 2.49. The standard InChI is InChI=1S/C17H29N5O2/c1-2-9-24-17(6-1)7-3-8-21(14-17)13-16-18-19-20-22(16)12-15-4-10-23-11-5-15/h15H,1-14H2. The Labute approximate surface area is 143 Å². The molecule has 0 radical (unpaired) electrons. The van der Waals surface area contributed by atoms with Crippen molar-refractivity contribution in [2.45, 2.75) is 63.6 Å². The summed E-state index contributed by atoms with van der Waals surface area (Å²) in [6.45, 7) is 6.56. The first-order valence-corrected chi connectivity index (χ1v) is 9.52. The van der Waals surface area contributed by atoms with Crippen molar-refractivity contribution in [1.29, 1.82) is 0 Å². The van der Waals surface area contributed by atoms with E-state index in [-0.39, 0.29) is 5.60 Å². The Morgan fingerprint density at radius 3 is 2.79 bits per heavy atom. The van der Waals surface area contributed by atoms with Gasteiger partial charge in [-0.3, -0.25) is 4.90 Å². The molecule has 3 fully saturated rings. The van der Waals surface area contributed by atoms with Crippen molar-refractivity contribution in [2.75, 3.05) is 32.9 Å². The molecule has 24 heavy (non-hydrogen) atoms. The highest BCUT2D eigenvalue weighted by Gasteiger charge is 2.38. The van der Waals surface area contributed by atoms with E-state index in [0.29, 0.717) is 5.92 Å². The first-order valence-electron chi connectivity index (χ1n) is 9.52. The maximum Gasteiger partial charge on any atom is 0.165 e. The molecule has 1 aromatic rings. The molecule has 7 nitrogen and oxygen atoms in total. The molecule has 3 aliphatic rings. The van der Waals surface area contributed by atoms with Gasteiger partial charge in [-0.2, -0.15) is 0 Å². The third kappa shape index (κ3) is 3.78. The van der Waals surface area contributed by atoms with Gasteiger partial charge in [0.1, 0.15) is 0 Å². The van der Waals surface area contributed by atoms with Crippen LogP contribution in [0.1, 0.15) is 50.8 Å². The van der Waals surface area contributed by atoms with Crippen molar-refractivity contribution in [1.82, 2.24) is 25.1 Å². The van der Waals surface area contributed by atoms with Crippen molar-refractivity contribution in [3.05, 3.63) is 5.82 Å². The average Bonchev–Trinajstić information content (AvgIpc) is 3.03. The molecule has 0 saturated carbocycles. The van der Waals surface area contributed by atoms with E-state index in [0.717, 1.165) is 64.7 Å². The van der Waals surface area contributed by atoms with Gasteiger partial charge in [0.15, 0.2) is 5.82 Å². The van der Waals surface area contributed by atoms with Gasteiger partial charge in [-0.15, -0.1) is 5.10 Å². The van der Waals surface area contributed by atoms with Crippen LogP contribution in [0.25, 0.3) is 0 Å². The van der Waals surface area contributed by atoms with E-state index in [2.05, 4.69) is 20.4 Å². The topological polar surface area (TPSA) is 65.3 Å². The van der Waals surface area contributed by atoms with Crippen LogP contribution in [-0.4, -0.2) is 63.6 Å². The molecular formula is C17H29N5O2. The fourth-order valence-corrected chi connectivity index (χ4v) is 4.41. The molecule has 0 bridgehead atoms. The molecule has 1 atom stereocenters. The second-order valence-electron chi connectivity index (χ2n) is 7.64. The van der Waals surface area contributed by atoms with E-state index in [4.69, 9.17) is 9.47 Å². The number of tetrazole rings is 1. The molecule has 1 aromatic heterocycles. The SMILES string of the molecule is C1CCC2(CCCN(Cc3nnnn3CC3CCOCC3)C2)OC1. The largest absolute Gasteiger partial charge is 0.381 e. The molecule has 1 unspecified atom stereocenters. The lowest BCUT2D eigenvalue weighted by Gasteiger charge is -2.44. The van der Waals surface area contributed by atoms with Crippen molar-refractivity contribution >= 4 is 0 Å². The predicted molar refractivity (Wildman–Crippen MR) is 88.4 cm³/mol. The molecule has 4 rings (SSSR count). The summed E-state index contributed by atoms with van der Waals surface area (Å²) >= 11 is 0. The molecule has 0 N–H and O–H groups in total. The third-order valence-corrected chi connectivity index (χ3v) is 5.80. The highest BCUT2D eigenvalue weighted by molar-refractivity contribution is 4.93. The van der Waals surface area contributed by atoms with Gasteiger partial charge >= 0.3 is 0 Å². The Kier molecular flexibility index (Phi) is 5.10. The highest BCUT2D eigenvalue weighted by Crippen LogP contribution is 2.34. The smallest absolute Gasteiger partial charge is 0.165 e. The van der Waals surface area contributed by atoms with Crippen LogP contribution < -0.4 is 0 Å². The van der Waals surface area contributed by atoms with Crippen LogP contribution in [0.5, 0.6) is 0 Å². The first-order chi connectivity index (χ1) is 11.8. The van der Waals surface area contributed by atoms with E-state index in [1.165, 1.54) is 32.1 Å². The van der Waals surface area contributed by atoms with Crippen molar-refractivity contribution in [3.8, 4) is 0 Å². The maximum absolute atomic E-state index is 6.19. The van der Waals surface area contributed by atoms with Crippen LogP contribution in [0.3, 0.4) is 0 Å². The van der Waals surface area contributed by atoms with Crippen LogP contribution in [0, 0.1) is 5.92 Å². The first kappa shape index (κ1) is 16.4. The van der Waals surface area contributed by atoms with Crippen LogP contribution >= 0.6 is 0 Å². The van der Waals surface area contributed by atoms with Gasteiger partial charge in [0.05, 0.1) is 12.1 Å². The predicted octanol–water partition coefficient (Wildman–Crippen LogP) is 1.63. The normalized spacial score (nSPS) is 30.0. The number of ether oxygens (including phenoxy) is 2. The van der Waals surface area contributed by atoms with Crippen LogP contribution in [0.2, 0.25) is 0 Å². The lowest BCUT2D eigenvalue weighted by Crippen LogP contribution is -2.51. The van der Waals surface area contributed by atoms with E-state index in [1.54, 1.807) is 0 Å². The monoisotopic (exact) mass is 335 g/mol. The summed E-state index contributed by atoms with van der Waals surface area (Å²) in [6, 6.07) is 0. The van der Waals surface area contributed by atoms with Crippen molar-refractivity contribution in [3.63, 3.8) is 0 Å². The van der Waals surface area contributed by atoms with Gasteiger partial charge < -0.3 is 9.47 Å². The number of likely N-dealkylation sites (tertiary alicyclic amines) is 1. The summed E-state index contributed by atoms with van der Waals surface area (Å²) in [7, 11) is 0. The zero-order chi connectivity index (χ0) is 16.2. The van der Waals surface area contributed by atoms with Crippen molar-refractivity contribution in [2.24, 2.45) is 5.92 Å². The molecule has 3 aliphatic heterocycles. The Morgan fingerprint density at radius 2 is 1.96 bits per heavy atom. The minimum atomic E-state index is 0.0927. The fraction of sp³-hybridized carbons (Fsp3) is 0.941. The van der Waals surface area contributed by atoms with Gasteiger partial charge in [0.2, 0.25) is 0 Å². The molecule has 134 valence electrons. The molecule has 0 aliphatic carbocycles. The van der Waals surface area contributed by atoms with E-state index < -0.39 is 0 Å². The number of nitrogens with zero attached hydrogens (tertiary/aromatic N) is 5. The third-order valence-electron chi connectivity index (χ3n) is 5.80. The van der Waals surface area contributed by atoms with Gasteiger partial charge in [-0.05, 0) is 67.8 Å². The van der Waals surface area contributed by atoms with Gasteiger partial charge in [0.25, 0.3) is 0 Å². The average molecular weight is 335 g/mol. The summed E-state index contributed by atoms with van der Waals surface area (Å²) in [5.41, 5.74) is 0.0927.